The average Bonchev–Trinajstić information content (AvgIpc) is 3.31. The number of imide groups is 1. The van der Waals surface area contributed by atoms with Gasteiger partial charge in [-0.25, -0.2) is 9.69 Å². The van der Waals surface area contributed by atoms with E-state index < -0.39 is 22.7 Å². The van der Waals surface area contributed by atoms with E-state index in [1.165, 1.54) is 60.7 Å². The Morgan fingerprint density at radius 3 is 2.02 bits per heavy atom. The first-order chi connectivity index (χ1) is 23.8. The molecule has 12 nitrogen and oxygen atoms in total. The first-order valence-electron chi connectivity index (χ1n) is 15.5. The zero-order valence-electron chi connectivity index (χ0n) is 27.6. The first kappa shape index (κ1) is 33.2. The van der Waals surface area contributed by atoms with Gasteiger partial charge in [0.15, 0.2) is 5.75 Å². The van der Waals surface area contributed by atoms with Crippen molar-refractivity contribution in [3.8, 4) is 11.5 Å². The van der Waals surface area contributed by atoms with Gasteiger partial charge in [-0.15, -0.1) is 5.11 Å². The lowest BCUT2D eigenvalue weighted by Crippen LogP contribution is -2.30. The minimum atomic E-state index is -0.867. The lowest BCUT2D eigenvalue weighted by molar-refractivity contribution is -0.384. The highest BCUT2D eigenvalue weighted by Gasteiger charge is 2.38. The molecule has 0 fully saturated rings. The molecule has 2 amide bonds. The molecule has 6 rings (SSSR count). The maximum atomic E-state index is 13.7. The first-order valence-corrected chi connectivity index (χ1v) is 15.5. The molecule has 0 saturated heterocycles. The minimum absolute atomic E-state index is 0.00812. The molecule has 0 bridgehead atoms. The monoisotopic (exact) mass is 669 g/mol. The fraction of sp³-hybridized carbons (Fsp3) is 0.132. The molecule has 0 aromatic heterocycles. The number of rotatable bonds is 8. The molecule has 3 N–H and O–H groups in total. The molecule has 1 aliphatic heterocycles. The highest BCUT2D eigenvalue weighted by molar-refractivity contribution is 6.35. The molecule has 50 heavy (non-hydrogen) atoms. The van der Waals surface area contributed by atoms with Crippen LogP contribution in [0.15, 0.2) is 95.2 Å². The number of phenolic OH excluding ortho intramolecular Hbond substituents is 1. The number of aryl methyl sites for hydroxylation is 4. The van der Waals surface area contributed by atoms with Crippen LogP contribution in [0, 0.1) is 37.8 Å². The van der Waals surface area contributed by atoms with E-state index in [0.29, 0.717) is 17.8 Å². The Labute approximate surface area is 286 Å². The van der Waals surface area contributed by atoms with Gasteiger partial charge in [0.05, 0.1) is 33.0 Å². The maximum absolute atomic E-state index is 13.7. The van der Waals surface area contributed by atoms with Crippen molar-refractivity contribution < 1.29 is 29.2 Å². The molecule has 250 valence electrons. The van der Waals surface area contributed by atoms with E-state index in [-0.39, 0.29) is 39.6 Å². The van der Waals surface area contributed by atoms with Crippen molar-refractivity contribution >= 4 is 46.2 Å². The largest absolute Gasteiger partial charge is 0.508 e. The van der Waals surface area contributed by atoms with Gasteiger partial charge in [0.1, 0.15) is 11.4 Å². The summed E-state index contributed by atoms with van der Waals surface area (Å²) in [4.78, 5) is 52.1. The SMILES string of the molecule is Cc1cc(Cc2cc(C)c(N3C(=O)c4ccc(C(=O)Oc5cc(O)ccc5N=Nc5ccc([N+](=O)[O-])cc5)cc4C3=O)c(C)c2)cc(C)c1N. The molecule has 1 heterocycles. The van der Waals surface area contributed by atoms with Crippen LogP contribution in [0.25, 0.3) is 0 Å². The van der Waals surface area contributed by atoms with Crippen molar-refractivity contribution in [3.63, 3.8) is 0 Å². The Morgan fingerprint density at radius 1 is 0.800 bits per heavy atom. The Kier molecular flexibility index (Phi) is 8.69. The van der Waals surface area contributed by atoms with Gasteiger partial charge >= 0.3 is 5.97 Å². The number of anilines is 2. The molecular formula is C38H31N5O7. The Morgan fingerprint density at radius 2 is 1.40 bits per heavy atom. The van der Waals surface area contributed by atoms with Crippen LogP contribution < -0.4 is 15.4 Å². The van der Waals surface area contributed by atoms with Gasteiger partial charge < -0.3 is 15.6 Å². The molecule has 0 atom stereocenters. The molecule has 5 aromatic carbocycles. The van der Waals surface area contributed by atoms with Crippen LogP contribution in [-0.4, -0.2) is 27.8 Å². The summed E-state index contributed by atoms with van der Waals surface area (Å²) in [7, 11) is 0. The fourth-order valence-corrected chi connectivity index (χ4v) is 6.05. The normalized spacial score (nSPS) is 12.4. The average molecular weight is 670 g/mol. The number of nitrogens with zero attached hydrogens (tertiary/aromatic N) is 4. The number of nitro benzene ring substituents is 1. The van der Waals surface area contributed by atoms with Crippen molar-refractivity contribution in [1.82, 2.24) is 0 Å². The van der Waals surface area contributed by atoms with E-state index >= 15 is 0 Å². The lowest BCUT2D eigenvalue weighted by Gasteiger charge is -2.21. The number of nitrogens with two attached hydrogens (primary N) is 1. The van der Waals surface area contributed by atoms with Crippen molar-refractivity contribution in [2.45, 2.75) is 34.1 Å². The van der Waals surface area contributed by atoms with Crippen LogP contribution in [0.3, 0.4) is 0 Å². The summed E-state index contributed by atoms with van der Waals surface area (Å²) in [5, 5.41) is 29.1. The second kappa shape index (κ2) is 13.1. The molecule has 0 saturated carbocycles. The number of esters is 1. The van der Waals surface area contributed by atoms with Crippen LogP contribution in [-0.2, 0) is 6.42 Å². The van der Waals surface area contributed by atoms with Gasteiger partial charge in [-0.1, -0.05) is 24.3 Å². The van der Waals surface area contributed by atoms with Gasteiger partial charge in [-0.2, -0.15) is 5.11 Å². The van der Waals surface area contributed by atoms with Crippen molar-refractivity contribution in [2.24, 2.45) is 10.2 Å². The summed E-state index contributed by atoms with van der Waals surface area (Å²) in [5.41, 5.74) is 13.5. The number of amides is 2. The van der Waals surface area contributed by atoms with Crippen LogP contribution in [0.2, 0.25) is 0 Å². The Bertz CT molecular complexity index is 2230. The van der Waals surface area contributed by atoms with E-state index in [4.69, 9.17) is 10.5 Å². The van der Waals surface area contributed by atoms with Gasteiger partial charge in [0.25, 0.3) is 17.5 Å². The van der Waals surface area contributed by atoms with Crippen molar-refractivity contribution in [1.29, 1.82) is 0 Å². The fourth-order valence-electron chi connectivity index (χ4n) is 6.05. The van der Waals surface area contributed by atoms with Gasteiger partial charge in [-0.3, -0.25) is 19.7 Å². The van der Waals surface area contributed by atoms with Crippen LogP contribution in [0.5, 0.6) is 11.5 Å². The van der Waals surface area contributed by atoms with Crippen LogP contribution in [0.1, 0.15) is 64.5 Å². The predicted molar refractivity (Wildman–Crippen MR) is 187 cm³/mol. The molecule has 0 aliphatic carbocycles. The number of hydrogen-bond acceptors (Lipinski definition) is 10. The number of hydrogen-bond donors (Lipinski definition) is 2. The number of benzene rings is 5. The summed E-state index contributed by atoms with van der Waals surface area (Å²) >= 11 is 0. The van der Waals surface area contributed by atoms with Crippen LogP contribution in [0.4, 0.5) is 28.4 Å². The number of nitrogen functional groups attached to an aromatic ring is 1. The van der Waals surface area contributed by atoms with Crippen molar-refractivity contribution in [3.05, 3.63) is 145 Å². The zero-order valence-corrected chi connectivity index (χ0v) is 27.6. The number of nitro groups is 1. The standard InChI is InChI=1S/C38H31N5O7/c1-20-13-24(14-21(2)34(20)39)17-25-15-22(3)35(23(4)16-25)42-36(45)30-11-5-26(18-31(30)37(42)46)38(47)50-33-19-29(44)10-12-32(33)41-40-27-6-8-28(9-7-27)43(48)49/h5-16,18-19,44H,17,39H2,1-4H3. The number of non-ortho nitro benzene ring substituents is 1. The van der Waals surface area contributed by atoms with Crippen LogP contribution >= 0.6 is 0 Å². The second-order valence-electron chi connectivity index (χ2n) is 12.1. The lowest BCUT2D eigenvalue weighted by atomic mass is 9.96. The molecule has 0 unspecified atom stereocenters. The maximum Gasteiger partial charge on any atom is 0.343 e. The number of aromatic hydroxyl groups is 1. The van der Waals surface area contributed by atoms with E-state index in [1.807, 2.05) is 39.8 Å². The molecule has 5 aromatic rings. The third-order valence-electron chi connectivity index (χ3n) is 8.44. The second-order valence-corrected chi connectivity index (χ2v) is 12.1. The summed E-state index contributed by atoms with van der Waals surface area (Å²) in [6.45, 7) is 7.65. The predicted octanol–water partition coefficient (Wildman–Crippen LogP) is 8.14. The topological polar surface area (TPSA) is 178 Å². The molecule has 0 radical (unpaired) electrons. The summed E-state index contributed by atoms with van der Waals surface area (Å²) in [6, 6.07) is 21.4. The van der Waals surface area contributed by atoms with Gasteiger partial charge in [0, 0.05) is 23.9 Å². The summed E-state index contributed by atoms with van der Waals surface area (Å²) < 4.78 is 5.55. The third kappa shape index (κ3) is 6.41. The highest BCUT2D eigenvalue weighted by Crippen LogP contribution is 2.37. The summed E-state index contributed by atoms with van der Waals surface area (Å²) in [6.07, 6.45) is 0.650. The van der Waals surface area contributed by atoms with Gasteiger partial charge in [-0.05, 0) is 110 Å². The Balaban J connectivity index is 1.23. The van der Waals surface area contributed by atoms with Crippen molar-refractivity contribution in [2.75, 3.05) is 10.6 Å². The number of fused-ring (bicyclic) bond motifs is 1. The minimum Gasteiger partial charge on any atom is -0.508 e. The van der Waals surface area contributed by atoms with E-state index in [2.05, 4.69) is 22.4 Å². The Hall–Kier alpha value is -6.69. The van der Waals surface area contributed by atoms with E-state index in [0.717, 1.165) is 44.0 Å². The molecule has 1 aliphatic rings. The molecule has 0 spiro atoms. The highest BCUT2D eigenvalue weighted by atomic mass is 16.6. The van der Waals surface area contributed by atoms with Gasteiger partial charge in [0.2, 0.25) is 0 Å². The zero-order chi connectivity index (χ0) is 35.9. The number of ether oxygens (including phenoxy) is 1. The van der Waals surface area contributed by atoms with E-state index in [1.54, 1.807) is 0 Å². The van der Waals surface area contributed by atoms with E-state index in [9.17, 15) is 29.6 Å². The molecular weight excluding hydrogens is 638 g/mol. The smallest absolute Gasteiger partial charge is 0.343 e. The number of carbonyl (C=O) groups is 3. The third-order valence-corrected chi connectivity index (χ3v) is 8.44. The number of carbonyl (C=O) groups excluding carboxylic acids is 3. The quantitative estimate of drug-likeness (QED) is 0.0316. The number of phenols is 1. The number of azo groups is 1. The summed E-state index contributed by atoms with van der Waals surface area (Å²) in [5.74, 6) is -2.27. The molecule has 12 heteroatoms.